The molecule has 16 heavy (non-hydrogen) atoms. The maximum atomic E-state index is 13.6. The van der Waals surface area contributed by atoms with Gasteiger partial charge in [-0.15, -0.1) is 6.42 Å². The van der Waals surface area contributed by atoms with Crippen LogP contribution >= 0.6 is 0 Å². The van der Waals surface area contributed by atoms with Gasteiger partial charge < -0.3 is 0 Å². The van der Waals surface area contributed by atoms with E-state index in [1.807, 2.05) is 13.0 Å². The molecule has 3 heteroatoms. The van der Waals surface area contributed by atoms with E-state index in [2.05, 4.69) is 11.2 Å². The van der Waals surface area contributed by atoms with Crippen molar-refractivity contribution in [3.8, 4) is 18.4 Å². The van der Waals surface area contributed by atoms with Crippen LogP contribution < -0.4 is 5.32 Å². The Morgan fingerprint density at radius 3 is 2.88 bits per heavy atom. The summed E-state index contributed by atoms with van der Waals surface area (Å²) in [6.45, 7) is 2.30. The van der Waals surface area contributed by atoms with Gasteiger partial charge in [0.25, 0.3) is 0 Å². The molecule has 0 saturated carbocycles. The van der Waals surface area contributed by atoms with E-state index in [-0.39, 0.29) is 11.6 Å². The van der Waals surface area contributed by atoms with Gasteiger partial charge in [-0.05, 0) is 12.5 Å². The second-order valence-electron chi connectivity index (χ2n) is 3.40. The molecule has 0 aliphatic rings. The molecule has 1 rings (SSSR count). The van der Waals surface area contributed by atoms with E-state index >= 15 is 0 Å². The highest BCUT2D eigenvalue weighted by Crippen LogP contribution is 2.12. The fraction of sp³-hybridized carbons (Fsp3) is 0.308. The first kappa shape index (κ1) is 12.2. The second kappa shape index (κ2) is 5.90. The van der Waals surface area contributed by atoms with Gasteiger partial charge in [-0.2, -0.15) is 5.26 Å². The van der Waals surface area contributed by atoms with Crippen LogP contribution in [-0.2, 0) is 6.54 Å². The number of nitrogens with zero attached hydrogens (tertiary/aromatic N) is 1. The lowest BCUT2D eigenvalue weighted by Gasteiger charge is -2.11. The van der Waals surface area contributed by atoms with Crippen LogP contribution in [0.5, 0.6) is 0 Å². The monoisotopic (exact) mass is 216 g/mol. The molecule has 0 radical (unpaired) electrons. The molecule has 1 N–H and O–H groups in total. The Morgan fingerprint density at radius 1 is 1.56 bits per heavy atom. The van der Waals surface area contributed by atoms with E-state index in [4.69, 9.17) is 11.7 Å². The molecule has 0 saturated heterocycles. The molecule has 1 aromatic carbocycles. The predicted octanol–water partition coefficient (Wildman–Crippen LogP) is 2.20. The molecule has 1 unspecified atom stereocenters. The number of nitrogens with one attached hydrogen (secondary N) is 1. The van der Waals surface area contributed by atoms with Gasteiger partial charge in [-0.1, -0.05) is 25.0 Å². The number of hydrogen-bond acceptors (Lipinski definition) is 2. The Morgan fingerprint density at radius 2 is 2.31 bits per heavy atom. The molecule has 0 amide bonds. The van der Waals surface area contributed by atoms with Crippen molar-refractivity contribution in [2.24, 2.45) is 0 Å². The Balaban J connectivity index is 2.76. The molecule has 82 valence electrons. The Kier molecular flexibility index (Phi) is 4.51. The summed E-state index contributed by atoms with van der Waals surface area (Å²) in [6.07, 6.45) is 6.07. The van der Waals surface area contributed by atoms with Crippen molar-refractivity contribution in [2.45, 2.75) is 25.9 Å². The van der Waals surface area contributed by atoms with E-state index in [1.165, 1.54) is 6.07 Å². The van der Waals surface area contributed by atoms with Crippen molar-refractivity contribution in [3.63, 3.8) is 0 Å². The van der Waals surface area contributed by atoms with Crippen LogP contribution in [-0.4, -0.2) is 6.04 Å². The van der Waals surface area contributed by atoms with Crippen molar-refractivity contribution >= 4 is 0 Å². The third-order valence-electron chi connectivity index (χ3n) is 2.35. The van der Waals surface area contributed by atoms with Crippen LogP contribution in [0.2, 0.25) is 0 Å². The number of nitriles is 1. The quantitative estimate of drug-likeness (QED) is 0.783. The maximum Gasteiger partial charge on any atom is 0.145 e. The van der Waals surface area contributed by atoms with Crippen molar-refractivity contribution < 1.29 is 4.39 Å². The fourth-order valence-corrected chi connectivity index (χ4v) is 1.36. The smallest absolute Gasteiger partial charge is 0.145 e. The maximum absolute atomic E-state index is 13.6. The van der Waals surface area contributed by atoms with E-state index < -0.39 is 5.82 Å². The zero-order chi connectivity index (χ0) is 12.0. The van der Waals surface area contributed by atoms with Crippen molar-refractivity contribution in [2.75, 3.05) is 0 Å². The lowest BCUT2D eigenvalue weighted by atomic mass is 10.1. The zero-order valence-electron chi connectivity index (χ0n) is 9.13. The predicted molar refractivity (Wildman–Crippen MR) is 60.9 cm³/mol. The van der Waals surface area contributed by atoms with Crippen molar-refractivity contribution in [3.05, 3.63) is 35.1 Å². The normalized spacial score (nSPS) is 11.5. The first-order valence-electron chi connectivity index (χ1n) is 5.10. The number of hydrogen-bond donors (Lipinski definition) is 1. The first-order chi connectivity index (χ1) is 7.72. The van der Waals surface area contributed by atoms with E-state index in [0.717, 1.165) is 6.42 Å². The molecule has 1 atom stereocenters. The van der Waals surface area contributed by atoms with Crippen LogP contribution in [0.15, 0.2) is 18.2 Å². The minimum Gasteiger partial charge on any atom is -0.299 e. The lowest BCUT2D eigenvalue weighted by Crippen LogP contribution is -2.26. The van der Waals surface area contributed by atoms with Gasteiger partial charge in [-0.3, -0.25) is 5.32 Å². The molecule has 2 nitrogen and oxygen atoms in total. The van der Waals surface area contributed by atoms with Crippen molar-refractivity contribution in [1.82, 2.24) is 5.32 Å². The highest BCUT2D eigenvalue weighted by molar-refractivity contribution is 5.34. The van der Waals surface area contributed by atoms with Gasteiger partial charge in [0.05, 0.1) is 11.6 Å². The van der Waals surface area contributed by atoms with Crippen LogP contribution in [0.3, 0.4) is 0 Å². The average molecular weight is 216 g/mol. The van der Waals surface area contributed by atoms with E-state index in [9.17, 15) is 4.39 Å². The second-order valence-corrected chi connectivity index (χ2v) is 3.40. The topological polar surface area (TPSA) is 35.8 Å². The highest BCUT2D eigenvalue weighted by atomic mass is 19.1. The summed E-state index contributed by atoms with van der Waals surface area (Å²) >= 11 is 0. The molecule has 0 aromatic heterocycles. The molecular formula is C13H13FN2. The molecule has 0 heterocycles. The zero-order valence-corrected chi connectivity index (χ0v) is 9.13. The Hall–Kier alpha value is -1.84. The van der Waals surface area contributed by atoms with Gasteiger partial charge in [0, 0.05) is 12.1 Å². The van der Waals surface area contributed by atoms with Gasteiger partial charge in [0.2, 0.25) is 0 Å². The van der Waals surface area contributed by atoms with Crippen molar-refractivity contribution in [1.29, 1.82) is 5.26 Å². The fourth-order valence-electron chi connectivity index (χ4n) is 1.36. The number of rotatable bonds is 4. The molecule has 1 aromatic rings. The molecule has 0 fully saturated rings. The summed E-state index contributed by atoms with van der Waals surface area (Å²) in [6, 6.07) is 6.51. The van der Waals surface area contributed by atoms with Crippen LogP contribution in [0.25, 0.3) is 0 Å². The standard InChI is InChI=1S/C13H13FN2/c1-3-12(4-2)16-9-11-7-5-6-10(8-15)13(11)14/h1,5-7,12,16H,4,9H2,2H3. The largest absolute Gasteiger partial charge is 0.299 e. The van der Waals surface area contributed by atoms with Crippen LogP contribution in [0, 0.1) is 29.5 Å². The summed E-state index contributed by atoms with van der Waals surface area (Å²) in [5, 5.41) is 11.7. The van der Waals surface area contributed by atoms with Gasteiger partial charge in [0.15, 0.2) is 0 Å². The lowest BCUT2D eigenvalue weighted by molar-refractivity contribution is 0.555. The third-order valence-corrected chi connectivity index (χ3v) is 2.35. The minimum atomic E-state index is -0.468. The number of halogens is 1. The van der Waals surface area contributed by atoms with Crippen LogP contribution in [0.1, 0.15) is 24.5 Å². The summed E-state index contributed by atoms with van der Waals surface area (Å²) in [4.78, 5) is 0. The summed E-state index contributed by atoms with van der Waals surface area (Å²) in [5.41, 5.74) is 0.529. The number of terminal acetylenes is 1. The summed E-state index contributed by atoms with van der Waals surface area (Å²) in [7, 11) is 0. The van der Waals surface area contributed by atoms with Gasteiger partial charge >= 0.3 is 0 Å². The number of benzene rings is 1. The highest BCUT2D eigenvalue weighted by Gasteiger charge is 2.08. The van der Waals surface area contributed by atoms with Gasteiger partial charge in [0.1, 0.15) is 11.9 Å². The molecule has 0 aliphatic heterocycles. The molecule has 0 bridgehead atoms. The minimum absolute atomic E-state index is 0.0630. The molecule has 0 aliphatic carbocycles. The van der Waals surface area contributed by atoms with E-state index in [1.54, 1.807) is 12.1 Å². The SMILES string of the molecule is C#CC(CC)NCc1cccc(C#N)c1F. The van der Waals surface area contributed by atoms with Gasteiger partial charge in [-0.25, -0.2) is 4.39 Å². The third kappa shape index (κ3) is 2.82. The Bertz CT molecular complexity index is 440. The first-order valence-corrected chi connectivity index (χ1v) is 5.10. The average Bonchev–Trinajstić information content (AvgIpc) is 2.32. The molecular weight excluding hydrogens is 203 g/mol. The summed E-state index contributed by atoms with van der Waals surface area (Å²) in [5.74, 6) is 2.10. The molecule has 0 spiro atoms. The van der Waals surface area contributed by atoms with Crippen LogP contribution in [0.4, 0.5) is 4.39 Å². The van der Waals surface area contributed by atoms with E-state index in [0.29, 0.717) is 12.1 Å². The summed E-state index contributed by atoms with van der Waals surface area (Å²) < 4.78 is 13.6. The Labute approximate surface area is 95.1 Å².